The Morgan fingerprint density at radius 1 is 1.27 bits per heavy atom. The van der Waals surface area contributed by atoms with Gasteiger partial charge in [-0.1, -0.05) is 0 Å². The molecule has 2 aliphatic rings. The molecule has 0 aromatic rings. The molecule has 2 saturated carbocycles. The summed E-state index contributed by atoms with van der Waals surface area (Å²) in [5.41, 5.74) is 11.1. The van der Waals surface area contributed by atoms with Gasteiger partial charge in [0.1, 0.15) is 0 Å². The molecule has 0 aromatic carbocycles. The first-order valence-electron chi connectivity index (χ1n) is 4.25. The number of amides is 1. The molecule has 4 atom stereocenters. The van der Waals surface area contributed by atoms with Gasteiger partial charge in [0.25, 0.3) is 0 Å². The lowest BCUT2D eigenvalue weighted by molar-refractivity contribution is -0.123. The Morgan fingerprint density at radius 3 is 2.27 bits per heavy atom. The molecule has 3 nitrogen and oxygen atoms in total. The van der Waals surface area contributed by atoms with Gasteiger partial charge in [-0.2, -0.15) is 0 Å². The number of hydrogen-bond donors (Lipinski definition) is 2. The maximum atomic E-state index is 10.9. The summed E-state index contributed by atoms with van der Waals surface area (Å²) in [5, 5.41) is 0. The van der Waals surface area contributed by atoms with Crippen LogP contribution in [-0.4, -0.2) is 11.9 Å². The van der Waals surface area contributed by atoms with Crippen LogP contribution in [0.1, 0.15) is 19.3 Å². The third-order valence-corrected chi connectivity index (χ3v) is 3.31. The van der Waals surface area contributed by atoms with Crippen molar-refractivity contribution >= 4 is 5.91 Å². The molecule has 0 spiro atoms. The van der Waals surface area contributed by atoms with Crippen LogP contribution in [0.3, 0.4) is 0 Å². The van der Waals surface area contributed by atoms with Crippen LogP contribution in [0.5, 0.6) is 0 Å². The lowest BCUT2D eigenvalue weighted by atomic mass is 9.84. The quantitative estimate of drug-likeness (QED) is 0.551. The average molecular weight is 154 g/mol. The van der Waals surface area contributed by atoms with Crippen LogP contribution in [-0.2, 0) is 4.79 Å². The van der Waals surface area contributed by atoms with Gasteiger partial charge in [0.15, 0.2) is 0 Å². The van der Waals surface area contributed by atoms with E-state index < -0.39 is 0 Å². The molecule has 2 bridgehead atoms. The maximum Gasteiger partial charge on any atom is 0.222 e. The minimum atomic E-state index is -0.190. The van der Waals surface area contributed by atoms with E-state index in [1.807, 2.05) is 0 Å². The summed E-state index contributed by atoms with van der Waals surface area (Å²) in [6.45, 7) is 0. The zero-order valence-corrected chi connectivity index (χ0v) is 6.49. The standard InChI is InChI=1S/C8H14N2O/c9-7-5-2-1-4(3-5)6(7)8(10)11/h4-7H,1-3,9H2,(H2,10,11)/t4-,5+,6+,7-/m1/s1. The smallest absolute Gasteiger partial charge is 0.222 e. The summed E-state index contributed by atoms with van der Waals surface area (Å²) in [5.74, 6) is 0.878. The van der Waals surface area contributed by atoms with Gasteiger partial charge in [0.2, 0.25) is 5.91 Å². The molecule has 1 amide bonds. The van der Waals surface area contributed by atoms with E-state index in [9.17, 15) is 4.79 Å². The topological polar surface area (TPSA) is 69.1 Å². The van der Waals surface area contributed by atoms with Crippen molar-refractivity contribution in [3.63, 3.8) is 0 Å². The predicted octanol–water partition coefficient (Wildman–Crippen LogP) is -0.155. The highest BCUT2D eigenvalue weighted by Crippen LogP contribution is 2.47. The molecule has 0 unspecified atom stereocenters. The lowest BCUT2D eigenvalue weighted by Crippen LogP contribution is -2.43. The molecule has 62 valence electrons. The van der Waals surface area contributed by atoms with E-state index in [2.05, 4.69) is 0 Å². The van der Waals surface area contributed by atoms with Gasteiger partial charge >= 0.3 is 0 Å². The van der Waals surface area contributed by atoms with E-state index in [1.165, 1.54) is 6.42 Å². The largest absolute Gasteiger partial charge is 0.369 e. The van der Waals surface area contributed by atoms with Crippen molar-refractivity contribution in [1.29, 1.82) is 0 Å². The molecule has 0 aromatic heterocycles. The van der Waals surface area contributed by atoms with E-state index in [1.54, 1.807) is 0 Å². The Morgan fingerprint density at radius 2 is 1.91 bits per heavy atom. The number of rotatable bonds is 1. The third-order valence-electron chi connectivity index (χ3n) is 3.31. The minimum Gasteiger partial charge on any atom is -0.369 e. The normalized spacial score (nSPS) is 48.1. The summed E-state index contributed by atoms with van der Waals surface area (Å²) in [6.07, 6.45) is 3.50. The van der Waals surface area contributed by atoms with E-state index in [0.29, 0.717) is 11.8 Å². The van der Waals surface area contributed by atoms with Gasteiger partial charge in [-0.05, 0) is 31.1 Å². The second-order valence-electron chi connectivity index (χ2n) is 3.84. The zero-order valence-electron chi connectivity index (χ0n) is 6.49. The highest BCUT2D eigenvalue weighted by Gasteiger charge is 2.48. The Balaban J connectivity index is 2.17. The van der Waals surface area contributed by atoms with Gasteiger partial charge in [-0.15, -0.1) is 0 Å². The van der Waals surface area contributed by atoms with Gasteiger partial charge in [-0.25, -0.2) is 0 Å². The molecular formula is C8H14N2O. The highest BCUT2D eigenvalue weighted by atomic mass is 16.1. The molecule has 0 saturated heterocycles. The monoisotopic (exact) mass is 154 g/mol. The van der Waals surface area contributed by atoms with Crippen LogP contribution >= 0.6 is 0 Å². The number of carbonyl (C=O) groups is 1. The molecule has 11 heavy (non-hydrogen) atoms. The maximum absolute atomic E-state index is 10.9. The average Bonchev–Trinajstić information content (AvgIpc) is 2.44. The van der Waals surface area contributed by atoms with Crippen LogP contribution in [0.15, 0.2) is 0 Å². The number of carbonyl (C=O) groups excluding carboxylic acids is 1. The minimum absolute atomic E-state index is 0.0197. The zero-order chi connectivity index (χ0) is 8.01. The van der Waals surface area contributed by atoms with Crippen molar-refractivity contribution in [1.82, 2.24) is 0 Å². The molecule has 0 heterocycles. The van der Waals surface area contributed by atoms with Crippen LogP contribution in [0.2, 0.25) is 0 Å². The summed E-state index contributed by atoms with van der Waals surface area (Å²) < 4.78 is 0. The lowest BCUT2D eigenvalue weighted by Gasteiger charge is -2.24. The predicted molar refractivity (Wildman–Crippen MR) is 41.5 cm³/mol. The van der Waals surface area contributed by atoms with Crippen LogP contribution < -0.4 is 11.5 Å². The van der Waals surface area contributed by atoms with Gasteiger partial charge in [0.05, 0.1) is 5.92 Å². The molecule has 4 N–H and O–H groups in total. The van der Waals surface area contributed by atoms with Gasteiger partial charge in [0, 0.05) is 6.04 Å². The van der Waals surface area contributed by atoms with E-state index in [-0.39, 0.29) is 17.9 Å². The van der Waals surface area contributed by atoms with Crippen molar-refractivity contribution in [3.8, 4) is 0 Å². The second kappa shape index (κ2) is 2.21. The molecule has 2 rings (SSSR count). The molecule has 0 aliphatic heterocycles. The first-order valence-corrected chi connectivity index (χ1v) is 4.25. The number of nitrogens with two attached hydrogens (primary N) is 2. The fourth-order valence-corrected chi connectivity index (χ4v) is 2.76. The van der Waals surface area contributed by atoms with E-state index in [0.717, 1.165) is 12.8 Å². The fraction of sp³-hybridized carbons (Fsp3) is 0.875. The molecule has 0 radical (unpaired) electrons. The van der Waals surface area contributed by atoms with Crippen molar-refractivity contribution in [2.24, 2.45) is 29.2 Å². The SMILES string of the molecule is NC(=O)[C@H]1[C@@H]2CC[C@@H](C2)[C@H]1N. The fourth-order valence-electron chi connectivity index (χ4n) is 2.76. The Hall–Kier alpha value is -0.570. The Kier molecular flexibility index (Phi) is 1.42. The van der Waals surface area contributed by atoms with Gasteiger partial charge < -0.3 is 11.5 Å². The first-order chi connectivity index (χ1) is 5.20. The van der Waals surface area contributed by atoms with Crippen LogP contribution in [0, 0.1) is 17.8 Å². The Labute approximate surface area is 66.1 Å². The molecule has 3 heteroatoms. The van der Waals surface area contributed by atoms with Crippen molar-refractivity contribution in [3.05, 3.63) is 0 Å². The van der Waals surface area contributed by atoms with E-state index in [4.69, 9.17) is 11.5 Å². The summed E-state index contributed by atoms with van der Waals surface area (Å²) >= 11 is 0. The number of fused-ring (bicyclic) bond motifs is 2. The second-order valence-corrected chi connectivity index (χ2v) is 3.84. The van der Waals surface area contributed by atoms with Crippen molar-refractivity contribution in [2.75, 3.05) is 0 Å². The Bertz CT molecular complexity index is 191. The summed E-state index contributed by atoms with van der Waals surface area (Å²) in [4.78, 5) is 10.9. The molecule has 2 fully saturated rings. The van der Waals surface area contributed by atoms with Crippen molar-refractivity contribution < 1.29 is 4.79 Å². The van der Waals surface area contributed by atoms with Gasteiger partial charge in [-0.3, -0.25) is 4.79 Å². The first kappa shape index (κ1) is 7.10. The van der Waals surface area contributed by atoms with E-state index >= 15 is 0 Å². The third kappa shape index (κ3) is 0.872. The van der Waals surface area contributed by atoms with Crippen molar-refractivity contribution in [2.45, 2.75) is 25.3 Å². The summed E-state index contributed by atoms with van der Waals surface area (Å²) in [7, 11) is 0. The number of hydrogen-bond acceptors (Lipinski definition) is 2. The van der Waals surface area contributed by atoms with Crippen LogP contribution in [0.4, 0.5) is 0 Å². The number of primary amides is 1. The molecular weight excluding hydrogens is 140 g/mol. The molecule has 2 aliphatic carbocycles. The highest BCUT2D eigenvalue weighted by molar-refractivity contribution is 5.78. The van der Waals surface area contributed by atoms with Crippen LogP contribution in [0.25, 0.3) is 0 Å². The summed E-state index contributed by atoms with van der Waals surface area (Å²) in [6, 6.07) is 0.0613.